The first-order chi connectivity index (χ1) is 7.92. The molecule has 0 bridgehead atoms. The van der Waals surface area contributed by atoms with E-state index in [1.165, 1.54) is 0 Å². The zero-order chi connectivity index (χ0) is 11.2. The molecule has 0 aliphatic carbocycles. The van der Waals surface area contributed by atoms with Crippen LogP contribution in [0.2, 0.25) is 0 Å². The molecule has 0 amide bonds. The van der Waals surface area contributed by atoms with Gasteiger partial charge in [-0.05, 0) is 12.8 Å². The van der Waals surface area contributed by atoms with E-state index >= 15 is 0 Å². The molecule has 1 aromatic carbocycles. The zero-order valence-corrected chi connectivity index (χ0v) is 8.89. The van der Waals surface area contributed by atoms with E-state index in [1.807, 2.05) is 30.3 Å². The average molecular weight is 212 g/mol. The Morgan fingerprint density at radius 3 is 2.81 bits per heavy atom. The number of aryl methyl sites for hydroxylation is 1. The lowest BCUT2D eigenvalue weighted by molar-refractivity contribution is 0.431. The van der Waals surface area contributed by atoms with Crippen molar-refractivity contribution < 1.29 is 4.52 Å². The highest BCUT2D eigenvalue weighted by Crippen LogP contribution is 2.24. The molecule has 0 saturated heterocycles. The van der Waals surface area contributed by atoms with Crippen molar-refractivity contribution in [1.29, 1.82) is 5.26 Å². The van der Waals surface area contributed by atoms with Crippen LogP contribution in [-0.2, 0) is 6.42 Å². The monoisotopic (exact) mass is 212 g/mol. The SMILES string of the molecule is N#CCCCc1cnoc1-c1ccccc1. The van der Waals surface area contributed by atoms with Gasteiger partial charge in [0.15, 0.2) is 5.76 Å². The van der Waals surface area contributed by atoms with Crippen molar-refractivity contribution in [3.05, 3.63) is 42.1 Å². The van der Waals surface area contributed by atoms with Crippen LogP contribution in [0.3, 0.4) is 0 Å². The summed E-state index contributed by atoms with van der Waals surface area (Å²) in [5.41, 5.74) is 2.11. The predicted octanol–water partition coefficient (Wildman–Crippen LogP) is 3.19. The molecule has 0 spiro atoms. The Labute approximate surface area is 94.3 Å². The maximum Gasteiger partial charge on any atom is 0.170 e. The molecule has 0 atom stereocenters. The highest BCUT2D eigenvalue weighted by atomic mass is 16.5. The van der Waals surface area contributed by atoms with E-state index in [2.05, 4.69) is 11.2 Å². The van der Waals surface area contributed by atoms with E-state index in [0.717, 1.165) is 29.7 Å². The first-order valence-electron chi connectivity index (χ1n) is 5.27. The standard InChI is InChI=1S/C13H12N2O/c14-9-5-4-8-12-10-15-16-13(12)11-6-2-1-3-7-11/h1-3,6-7,10H,4-5,8H2. The van der Waals surface area contributed by atoms with Crippen molar-refractivity contribution in [2.24, 2.45) is 0 Å². The molecule has 1 heterocycles. The van der Waals surface area contributed by atoms with Crippen LogP contribution in [-0.4, -0.2) is 5.16 Å². The predicted molar refractivity (Wildman–Crippen MR) is 60.5 cm³/mol. The lowest BCUT2D eigenvalue weighted by Gasteiger charge is -1.99. The fourth-order valence-corrected chi connectivity index (χ4v) is 1.62. The fourth-order valence-electron chi connectivity index (χ4n) is 1.62. The minimum atomic E-state index is 0.569. The lowest BCUT2D eigenvalue weighted by atomic mass is 10.1. The van der Waals surface area contributed by atoms with Crippen LogP contribution in [0.5, 0.6) is 0 Å². The summed E-state index contributed by atoms with van der Waals surface area (Å²) in [7, 11) is 0. The zero-order valence-electron chi connectivity index (χ0n) is 8.89. The minimum absolute atomic E-state index is 0.569. The smallest absolute Gasteiger partial charge is 0.170 e. The Kier molecular flexibility index (Phi) is 3.35. The lowest BCUT2D eigenvalue weighted by Crippen LogP contribution is -1.85. The molecule has 2 aromatic rings. The van der Waals surface area contributed by atoms with Crippen molar-refractivity contribution in [3.63, 3.8) is 0 Å². The van der Waals surface area contributed by atoms with Gasteiger partial charge in [-0.2, -0.15) is 5.26 Å². The summed E-state index contributed by atoms with van der Waals surface area (Å²) in [5, 5.41) is 12.3. The van der Waals surface area contributed by atoms with Gasteiger partial charge in [-0.15, -0.1) is 0 Å². The molecule has 0 radical (unpaired) electrons. The van der Waals surface area contributed by atoms with E-state index in [0.29, 0.717) is 6.42 Å². The van der Waals surface area contributed by atoms with E-state index in [9.17, 15) is 0 Å². The number of benzene rings is 1. The van der Waals surface area contributed by atoms with Gasteiger partial charge < -0.3 is 4.52 Å². The maximum absolute atomic E-state index is 8.49. The molecular weight excluding hydrogens is 200 g/mol. The second kappa shape index (κ2) is 5.13. The molecule has 3 nitrogen and oxygen atoms in total. The summed E-state index contributed by atoms with van der Waals surface area (Å²) in [6, 6.07) is 12.0. The van der Waals surface area contributed by atoms with Crippen molar-refractivity contribution >= 4 is 0 Å². The minimum Gasteiger partial charge on any atom is -0.356 e. The molecule has 0 fully saturated rings. The summed E-state index contributed by atoms with van der Waals surface area (Å²) < 4.78 is 5.25. The first kappa shape index (κ1) is 10.4. The Balaban J connectivity index is 2.17. The van der Waals surface area contributed by atoms with Crippen LogP contribution in [0.4, 0.5) is 0 Å². The van der Waals surface area contributed by atoms with E-state index in [1.54, 1.807) is 6.20 Å². The third kappa shape index (κ3) is 2.29. The van der Waals surface area contributed by atoms with Gasteiger partial charge in [0.05, 0.1) is 12.3 Å². The quantitative estimate of drug-likeness (QED) is 0.731. The maximum atomic E-state index is 8.49. The number of rotatable bonds is 4. The van der Waals surface area contributed by atoms with Gasteiger partial charge in [-0.1, -0.05) is 35.5 Å². The Morgan fingerprint density at radius 2 is 2.06 bits per heavy atom. The fraction of sp³-hybridized carbons (Fsp3) is 0.231. The van der Waals surface area contributed by atoms with Crippen LogP contribution in [0.15, 0.2) is 41.1 Å². The number of hydrogen-bond donors (Lipinski definition) is 0. The van der Waals surface area contributed by atoms with Crippen molar-refractivity contribution in [2.75, 3.05) is 0 Å². The van der Waals surface area contributed by atoms with E-state index in [-0.39, 0.29) is 0 Å². The normalized spacial score (nSPS) is 9.94. The highest BCUT2D eigenvalue weighted by molar-refractivity contribution is 5.60. The molecule has 0 saturated carbocycles. The molecule has 0 unspecified atom stereocenters. The molecular formula is C13H12N2O. The van der Waals surface area contributed by atoms with Crippen LogP contribution in [0.25, 0.3) is 11.3 Å². The molecule has 0 aliphatic rings. The second-order valence-electron chi connectivity index (χ2n) is 3.56. The van der Waals surface area contributed by atoms with Gasteiger partial charge in [0.2, 0.25) is 0 Å². The van der Waals surface area contributed by atoms with Crippen LogP contribution in [0.1, 0.15) is 18.4 Å². The highest BCUT2D eigenvalue weighted by Gasteiger charge is 2.09. The molecule has 1 aromatic heterocycles. The van der Waals surface area contributed by atoms with Gasteiger partial charge >= 0.3 is 0 Å². The van der Waals surface area contributed by atoms with Crippen LogP contribution < -0.4 is 0 Å². The van der Waals surface area contributed by atoms with Crippen molar-refractivity contribution in [2.45, 2.75) is 19.3 Å². The van der Waals surface area contributed by atoms with Gasteiger partial charge in [-0.3, -0.25) is 0 Å². The number of aromatic nitrogens is 1. The topological polar surface area (TPSA) is 49.8 Å². The Bertz CT molecular complexity index is 482. The molecule has 0 aliphatic heterocycles. The van der Waals surface area contributed by atoms with Crippen LogP contribution >= 0.6 is 0 Å². The molecule has 0 N–H and O–H groups in total. The number of nitrogens with zero attached hydrogens (tertiary/aromatic N) is 2. The summed E-state index contributed by atoms with van der Waals surface area (Å²) in [5.74, 6) is 0.818. The van der Waals surface area contributed by atoms with Crippen molar-refractivity contribution in [3.8, 4) is 17.4 Å². The Morgan fingerprint density at radius 1 is 1.25 bits per heavy atom. The first-order valence-corrected chi connectivity index (χ1v) is 5.27. The average Bonchev–Trinajstić information content (AvgIpc) is 2.79. The van der Waals surface area contributed by atoms with Gasteiger partial charge in [-0.25, -0.2) is 0 Å². The molecule has 16 heavy (non-hydrogen) atoms. The van der Waals surface area contributed by atoms with Crippen LogP contribution in [0, 0.1) is 11.3 Å². The third-order valence-corrected chi connectivity index (χ3v) is 2.41. The summed E-state index contributed by atoms with van der Waals surface area (Å²) in [6.07, 6.45) is 3.98. The van der Waals surface area contributed by atoms with Gasteiger partial charge in [0.1, 0.15) is 0 Å². The van der Waals surface area contributed by atoms with Gasteiger partial charge in [0, 0.05) is 17.5 Å². The van der Waals surface area contributed by atoms with E-state index in [4.69, 9.17) is 9.78 Å². The number of unbranched alkanes of at least 4 members (excludes halogenated alkanes) is 1. The molecule has 80 valence electrons. The molecule has 2 rings (SSSR count). The number of hydrogen-bond acceptors (Lipinski definition) is 3. The number of nitriles is 1. The summed E-state index contributed by atoms with van der Waals surface area (Å²) in [6.45, 7) is 0. The third-order valence-electron chi connectivity index (χ3n) is 2.41. The molecule has 3 heteroatoms. The van der Waals surface area contributed by atoms with E-state index < -0.39 is 0 Å². The Hall–Kier alpha value is -2.08. The van der Waals surface area contributed by atoms with Gasteiger partial charge in [0.25, 0.3) is 0 Å². The largest absolute Gasteiger partial charge is 0.356 e. The van der Waals surface area contributed by atoms with Crippen molar-refractivity contribution in [1.82, 2.24) is 5.16 Å². The summed E-state index contributed by atoms with van der Waals surface area (Å²) >= 11 is 0. The second-order valence-corrected chi connectivity index (χ2v) is 3.56. The summed E-state index contributed by atoms with van der Waals surface area (Å²) in [4.78, 5) is 0.